The van der Waals surface area contributed by atoms with Crippen LogP contribution in [0.1, 0.15) is 168 Å². The van der Waals surface area contributed by atoms with Gasteiger partial charge < -0.3 is 9.80 Å². The van der Waals surface area contributed by atoms with Crippen molar-refractivity contribution in [3.63, 3.8) is 0 Å². The summed E-state index contributed by atoms with van der Waals surface area (Å²) in [4.78, 5) is 5.03. The largest absolute Gasteiger partial charge is 0.310 e. The lowest BCUT2D eigenvalue weighted by Crippen LogP contribution is -2.26. The fourth-order valence-corrected chi connectivity index (χ4v) is 15.8. The highest BCUT2D eigenvalue weighted by Gasteiger charge is 2.52. The summed E-state index contributed by atoms with van der Waals surface area (Å²) in [5, 5.41) is 5.00. The molecule has 0 saturated heterocycles. The molecule has 10 aromatic rings. The molecule has 2 heteroatoms. The Bertz CT molecular complexity index is 3870. The van der Waals surface area contributed by atoms with Crippen molar-refractivity contribution < 1.29 is 0 Å². The monoisotopic (exact) mass is 1030 g/mol. The van der Waals surface area contributed by atoms with Crippen LogP contribution in [0.4, 0.5) is 34.1 Å². The van der Waals surface area contributed by atoms with Gasteiger partial charge in [-0.05, 0) is 297 Å². The first-order chi connectivity index (χ1) is 37.8. The molecule has 0 bridgehead atoms. The minimum atomic E-state index is -0.550. The molecule has 0 heterocycles. The lowest BCUT2D eigenvalue weighted by atomic mass is 9.69. The second kappa shape index (κ2) is 19.3. The third kappa shape index (κ3) is 8.10. The van der Waals surface area contributed by atoms with Crippen LogP contribution in [0, 0.1) is 55.4 Å². The zero-order chi connectivity index (χ0) is 55.7. The summed E-state index contributed by atoms with van der Waals surface area (Å²) >= 11 is 0. The molecule has 0 saturated carbocycles. The highest BCUT2D eigenvalue weighted by Crippen LogP contribution is 2.65. The van der Waals surface area contributed by atoms with Gasteiger partial charge in [-0.15, -0.1) is 0 Å². The van der Waals surface area contributed by atoms with Crippen molar-refractivity contribution in [2.24, 2.45) is 0 Å². The number of benzene rings is 10. The molecule has 10 aromatic carbocycles. The number of fused-ring (bicyclic) bond motifs is 13. The fraction of sp³-hybridized carbons (Fsp3) is 0.273. The average Bonchev–Trinajstić information content (AvgIpc) is 2.89. The molecule has 0 unspecified atom stereocenters. The van der Waals surface area contributed by atoms with Crippen molar-refractivity contribution in [2.45, 2.75) is 140 Å². The SMILES string of the molecule is Cc1cc(N(c2cc(C)c(C(C)C)c(C)c2)c2ccc3cc4c(cc3c2)C2(c3ccccc3-c3ccccc32)c2c-4ccc3cc(N(c4cc(C)c(C(C)C)c(C)c4)c4cc(C)c(C(C)C)c(C)c4)ccc23)cc(C)c1C(C)C. The second-order valence-electron chi connectivity index (χ2n) is 24.9. The summed E-state index contributed by atoms with van der Waals surface area (Å²) in [5.41, 5.74) is 33.7. The normalized spacial score (nSPS) is 13.1. The van der Waals surface area contributed by atoms with E-state index in [9.17, 15) is 0 Å². The Morgan fingerprint density at radius 1 is 0.278 bits per heavy atom. The van der Waals surface area contributed by atoms with E-state index in [1.165, 1.54) is 156 Å². The van der Waals surface area contributed by atoms with Crippen molar-refractivity contribution in [1.82, 2.24) is 0 Å². The van der Waals surface area contributed by atoms with E-state index in [1.807, 2.05) is 0 Å². The Labute approximate surface area is 471 Å². The quantitative estimate of drug-likeness (QED) is 0.135. The number of hydrogen-bond acceptors (Lipinski definition) is 2. The van der Waals surface area contributed by atoms with Gasteiger partial charge in [0.2, 0.25) is 0 Å². The first kappa shape index (κ1) is 52.0. The maximum Gasteiger partial charge on any atom is 0.0731 e. The van der Waals surface area contributed by atoms with Gasteiger partial charge in [-0.1, -0.05) is 128 Å². The molecular weight excluding hydrogens is 953 g/mol. The molecule has 2 nitrogen and oxygen atoms in total. The van der Waals surface area contributed by atoms with Crippen LogP contribution in [0.15, 0.2) is 158 Å². The minimum absolute atomic E-state index is 0.443. The standard InChI is InChI=1S/C77H78N2/c1-43(2)72-47(9)31-60(32-48(72)10)78(61-33-49(11)73(44(3)4)50(12)34-61)58-27-25-55-41-68-67-29-26-56-39-59(79(62-35-51(13)74(45(5)6)52(14)36-62)63-37-53(15)75(46(7)8)54(16)38-63)28-30-64(56)76(67)77(71(68)42-57(55)40-58)69-23-19-17-21-65(69)66-22-18-20-24-70(66)77/h17-46H,1-16H3. The number of rotatable bonds is 10. The van der Waals surface area contributed by atoms with E-state index in [-0.39, 0.29) is 0 Å². The summed E-state index contributed by atoms with van der Waals surface area (Å²) in [6.07, 6.45) is 0. The molecule has 0 radical (unpaired) electrons. The molecule has 0 aliphatic heterocycles. The molecular formula is C77H78N2. The van der Waals surface area contributed by atoms with Gasteiger partial charge in [0.15, 0.2) is 0 Å². The topological polar surface area (TPSA) is 6.48 Å². The summed E-state index contributed by atoms with van der Waals surface area (Å²) in [6, 6.07) is 62.3. The second-order valence-corrected chi connectivity index (χ2v) is 24.9. The number of aryl methyl sites for hydroxylation is 8. The highest BCUT2D eigenvalue weighted by molar-refractivity contribution is 6.07. The van der Waals surface area contributed by atoms with E-state index in [4.69, 9.17) is 0 Å². The molecule has 2 aliphatic carbocycles. The molecule has 396 valence electrons. The van der Waals surface area contributed by atoms with Gasteiger partial charge in [0.05, 0.1) is 5.41 Å². The lowest BCUT2D eigenvalue weighted by Gasteiger charge is -2.32. The van der Waals surface area contributed by atoms with Crippen LogP contribution >= 0.6 is 0 Å². The van der Waals surface area contributed by atoms with Crippen LogP contribution in [0.3, 0.4) is 0 Å². The van der Waals surface area contributed by atoms with Crippen LogP contribution in [0.25, 0.3) is 43.8 Å². The summed E-state index contributed by atoms with van der Waals surface area (Å²) in [6.45, 7) is 36.9. The van der Waals surface area contributed by atoms with Crippen molar-refractivity contribution in [1.29, 1.82) is 0 Å². The Balaban J connectivity index is 1.09. The molecule has 1 spiro atoms. The van der Waals surface area contributed by atoms with Crippen LogP contribution in [-0.4, -0.2) is 0 Å². The van der Waals surface area contributed by atoms with Crippen molar-refractivity contribution in [3.05, 3.63) is 247 Å². The Morgan fingerprint density at radius 2 is 0.633 bits per heavy atom. The van der Waals surface area contributed by atoms with Crippen molar-refractivity contribution in [2.75, 3.05) is 9.80 Å². The smallest absolute Gasteiger partial charge is 0.0731 e. The summed E-state index contributed by atoms with van der Waals surface area (Å²) < 4.78 is 0. The van der Waals surface area contributed by atoms with Gasteiger partial charge in [0.1, 0.15) is 0 Å². The predicted octanol–water partition coefficient (Wildman–Crippen LogP) is 22.2. The molecule has 12 rings (SSSR count). The lowest BCUT2D eigenvalue weighted by molar-refractivity contribution is 0.802. The first-order valence-electron chi connectivity index (χ1n) is 29.2. The zero-order valence-electron chi connectivity index (χ0n) is 49.7. The average molecular weight is 1030 g/mol. The zero-order valence-corrected chi connectivity index (χ0v) is 49.7. The summed E-state index contributed by atoms with van der Waals surface area (Å²) in [7, 11) is 0. The molecule has 0 N–H and O–H groups in total. The fourth-order valence-electron chi connectivity index (χ4n) is 15.8. The van der Waals surface area contributed by atoms with Gasteiger partial charge in [0.25, 0.3) is 0 Å². The number of nitrogens with zero attached hydrogens (tertiary/aromatic N) is 2. The molecule has 0 fully saturated rings. The maximum atomic E-state index is 2.57. The van der Waals surface area contributed by atoms with Gasteiger partial charge in [-0.2, -0.15) is 0 Å². The third-order valence-electron chi connectivity index (χ3n) is 18.2. The molecule has 2 aliphatic rings. The number of hydrogen-bond donors (Lipinski definition) is 0. The van der Waals surface area contributed by atoms with E-state index in [1.54, 1.807) is 0 Å². The Hall–Kier alpha value is -7.68. The number of anilines is 6. The Morgan fingerprint density at radius 3 is 1.03 bits per heavy atom. The van der Waals surface area contributed by atoms with Crippen LogP contribution in [0.5, 0.6) is 0 Å². The minimum Gasteiger partial charge on any atom is -0.310 e. The van der Waals surface area contributed by atoms with Gasteiger partial charge in [-0.25, -0.2) is 0 Å². The van der Waals surface area contributed by atoms with Gasteiger partial charge in [0, 0.05) is 34.1 Å². The molecule has 0 aromatic heterocycles. The third-order valence-corrected chi connectivity index (χ3v) is 18.2. The van der Waals surface area contributed by atoms with E-state index in [0.29, 0.717) is 23.7 Å². The van der Waals surface area contributed by atoms with E-state index < -0.39 is 5.41 Å². The molecule has 0 amide bonds. The van der Waals surface area contributed by atoms with Crippen molar-refractivity contribution in [3.8, 4) is 22.3 Å². The first-order valence-corrected chi connectivity index (χ1v) is 29.2. The Kier molecular flexibility index (Phi) is 12.7. The highest BCUT2D eigenvalue weighted by atomic mass is 15.1. The molecule has 0 atom stereocenters. The van der Waals surface area contributed by atoms with Crippen LogP contribution in [0.2, 0.25) is 0 Å². The maximum absolute atomic E-state index is 2.57. The van der Waals surface area contributed by atoms with E-state index in [2.05, 4.69) is 278 Å². The van der Waals surface area contributed by atoms with Crippen molar-refractivity contribution >= 4 is 55.7 Å². The summed E-state index contributed by atoms with van der Waals surface area (Å²) in [5.74, 6) is 1.77. The van der Waals surface area contributed by atoms with E-state index in [0.717, 1.165) is 11.4 Å². The predicted molar refractivity (Wildman–Crippen MR) is 341 cm³/mol. The van der Waals surface area contributed by atoms with E-state index >= 15 is 0 Å². The molecule has 79 heavy (non-hydrogen) atoms. The van der Waals surface area contributed by atoms with Gasteiger partial charge in [-0.3, -0.25) is 0 Å². The van der Waals surface area contributed by atoms with Crippen LogP contribution < -0.4 is 9.80 Å². The van der Waals surface area contributed by atoms with Crippen LogP contribution in [-0.2, 0) is 5.41 Å². The van der Waals surface area contributed by atoms with Gasteiger partial charge >= 0.3 is 0 Å².